The van der Waals surface area contributed by atoms with Crippen LogP contribution in [-0.4, -0.2) is 10.8 Å². The van der Waals surface area contributed by atoms with Crippen LogP contribution >= 0.6 is 11.6 Å². The molecule has 0 aliphatic rings. The first kappa shape index (κ1) is 14.5. The summed E-state index contributed by atoms with van der Waals surface area (Å²) in [7, 11) is 0. The fourth-order valence-corrected chi connectivity index (χ4v) is 1.87. The Morgan fingerprint density at radius 2 is 2.00 bits per heavy atom. The van der Waals surface area contributed by atoms with Crippen LogP contribution in [0.15, 0.2) is 42.5 Å². The number of carbonyl (C=O) groups excluding carboxylic acids is 1. The smallest absolute Gasteiger partial charge is 0.282 e. The molecule has 104 valence electrons. The highest BCUT2D eigenvalue weighted by Gasteiger charge is 2.19. The summed E-state index contributed by atoms with van der Waals surface area (Å²) in [6.45, 7) is 0. The van der Waals surface area contributed by atoms with Gasteiger partial charge in [-0.2, -0.15) is 5.26 Å². The molecule has 2 aromatic carbocycles. The van der Waals surface area contributed by atoms with Crippen molar-refractivity contribution in [3.63, 3.8) is 0 Å². The molecular weight excluding hydrogens is 294 g/mol. The predicted octanol–water partition coefficient (Wildman–Crippen LogP) is 3.37. The molecule has 6 nitrogen and oxygen atoms in total. The van der Waals surface area contributed by atoms with Crippen molar-refractivity contribution in [1.29, 1.82) is 5.26 Å². The zero-order valence-electron chi connectivity index (χ0n) is 10.5. The number of nitrogens with zero attached hydrogens (tertiary/aromatic N) is 2. The molecule has 0 unspecified atom stereocenters. The second-order valence-corrected chi connectivity index (χ2v) is 4.44. The molecule has 0 heterocycles. The van der Waals surface area contributed by atoms with E-state index in [1.165, 1.54) is 42.5 Å². The van der Waals surface area contributed by atoms with Crippen LogP contribution < -0.4 is 5.32 Å². The number of nitro groups is 1. The molecule has 0 radical (unpaired) electrons. The monoisotopic (exact) mass is 301 g/mol. The summed E-state index contributed by atoms with van der Waals surface area (Å²) in [5.74, 6) is -0.667. The van der Waals surface area contributed by atoms with Crippen LogP contribution in [0.1, 0.15) is 15.9 Å². The predicted molar refractivity (Wildman–Crippen MR) is 77.2 cm³/mol. The van der Waals surface area contributed by atoms with Crippen molar-refractivity contribution >= 4 is 28.9 Å². The van der Waals surface area contributed by atoms with Gasteiger partial charge in [-0.3, -0.25) is 14.9 Å². The van der Waals surface area contributed by atoms with Gasteiger partial charge in [-0.25, -0.2) is 0 Å². The Bertz CT molecular complexity index is 768. The van der Waals surface area contributed by atoms with Gasteiger partial charge in [0.15, 0.2) is 0 Å². The summed E-state index contributed by atoms with van der Waals surface area (Å²) in [4.78, 5) is 22.4. The van der Waals surface area contributed by atoms with Gasteiger partial charge in [-0.15, -0.1) is 0 Å². The van der Waals surface area contributed by atoms with E-state index in [2.05, 4.69) is 5.32 Å². The highest BCUT2D eigenvalue weighted by Crippen LogP contribution is 2.25. The first-order valence-electron chi connectivity index (χ1n) is 5.77. The molecule has 2 aromatic rings. The van der Waals surface area contributed by atoms with Crippen molar-refractivity contribution in [1.82, 2.24) is 0 Å². The minimum Gasteiger partial charge on any atom is -0.320 e. The maximum Gasteiger partial charge on any atom is 0.282 e. The Balaban J connectivity index is 2.35. The van der Waals surface area contributed by atoms with Gasteiger partial charge in [-0.1, -0.05) is 23.7 Å². The SMILES string of the molecule is N#Cc1ccc(Cl)c(NC(=O)c2ccccc2[N+](=O)[O-])c1. The van der Waals surface area contributed by atoms with E-state index in [0.717, 1.165) is 0 Å². The topological polar surface area (TPSA) is 96.0 Å². The van der Waals surface area contributed by atoms with E-state index < -0.39 is 10.8 Å². The number of anilines is 1. The summed E-state index contributed by atoms with van der Waals surface area (Å²) in [6.07, 6.45) is 0. The Labute approximate surface area is 124 Å². The molecule has 7 heteroatoms. The molecule has 1 amide bonds. The second-order valence-electron chi connectivity index (χ2n) is 4.03. The minimum atomic E-state index is -0.667. The van der Waals surface area contributed by atoms with Gasteiger partial charge in [0.25, 0.3) is 11.6 Å². The highest BCUT2D eigenvalue weighted by molar-refractivity contribution is 6.34. The molecule has 0 atom stereocenters. The molecular formula is C14H8ClN3O3. The largest absolute Gasteiger partial charge is 0.320 e. The van der Waals surface area contributed by atoms with E-state index >= 15 is 0 Å². The standard InChI is InChI=1S/C14H8ClN3O3/c15-11-6-5-9(8-16)7-12(11)17-14(19)10-3-1-2-4-13(10)18(20)21/h1-7H,(H,17,19). The lowest BCUT2D eigenvalue weighted by atomic mass is 10.1. The van der Waals surface area contributed by atoms with Crippen LogP contribution in [0.2, 0.25) is 5.02 Å². The van der Waals surface area contributed by atoms with Crippen LogP contribution in [0.25, 0.3) is 0 Å². The number of nitro benzene ring substituents is 1. The highest BCUT2D eigenvalue weighted by atomic mass is 35.5. The van der Waals surface area contributed by atoms with E-state index in [1.807, 2.05) is 6.07 Å². The molecule has 0 aromatic heterocycles. The first-order chi connectivity index (χ1) is 10.0. The summed E-state index contributed by atoms with van der Waals surface area (Å²) in [5, 5.41) is 22.4. The normalized spacial score (nSPS) is 9.71. The lowest BCUT2D eigenvalue weighted by Crippen LogP contribution is -2.14. The number of hydrogen-bond donors (Lipinski definition) is 1. The fraction of sp³-hybridized carbons (Fsp3) is 0. The minimum absolute atomic E-state index is 0.0825. The Hall–Kier alpha value is -2.91. The molecule has 1 N–H and O–H groups in total. The van der Waals surface area contributed by atoms with Crippen LogP contribution in [-0.2, 0) is 0 Å². The van der Waals surface area contributed by atoms with Crippen molar-refractivity contribution in [3.8, 4) is 6.07 Å². The summed E-state index contributed by atoms with van der Waals surface area (Å²) in [6, 6.07) is 11.9. The van der Waals surface area contributed by atoms with Gasteiger partial charge in [0.05, 0.1) is 27.3 Å². The molecule has 0 saturated heterocycles. The van der Waals surface area contributed by atoms with Gasteiger partial charge >= 0.3 is 0 Å². The molecule has 0 aliphatic heterocycles. The maximum absolute atomic E-state index is 12.1. The Morgan fingerprint density at radius 3 is 2.67 bits per heavy atom. The first-order valence-corrected chi connectivity index (χ1v) is 6.15. The van der Waals surface area contributed by atoms with Crippen LogP contribution in [0.4, 0.5) is 11.4 Å². The van der Waals surface area contributed by atoms with Crippen LogP contribution in [0.5, 0.6) is 0 Å². The van der Waals surface area contributed by atoms with E-state index in [0.29, 0.717) is 5.56 Å². The van der Waals surface area contributed by atoms with E-state index in [-0.39, 0.29) is 22.0 Å². The number of benzene rings is 2. The Morgan fingerprint density at radius 1 is 1.29 bits per heavy atom. The van der Waals surface area contributed by atoms with Crippen molar-refractivity contribution in [3.05, 3.63) is 68.7 Å². The third kappa shape index (κ3) is 3.16. The maximum atomic E-state index is 12.1. The number of amides is 1. The van der Waals surface area contributed by atoms with Crippen molar-refractivity contribution in [2.75, 3.05) is 5.32 Å². The van der Waals surface area contributed by atoms with Crippen LogP contribution in [0.3, 0.4) is 0 Å². The number of carbonyl (C=O) groups is 1. The average molecular weight is 302 g/mol. The number of halogens is 1. The van der Waals surface area contributed by atoms with E-state index in [9.17, 15) is 14.9 Å². The van der Waals surface area contributed by atoms with Crippen molar-refractivity contribution < 1.29 is 9.72 Å². The van der Waals surface area contributed by atoms with Gasteiger partial charge in [0, 0.05) is 6.07 Å². The molecule has 0 aliphatic carbocycles. The molecule has 0 fully saturated rings. The van der Waals surface area contributed by atoms with Gasteiger partial charge in [0.2, 0.25) is 0 Å². The number of rotatable bonds is 3. The van der Waals surface area contributed by atoms with Crippen molar-refractivity contribution in [2.45, 2.75) is 0 Å². The molecule has 21 heavy (non-hydrogen) atoms. The van der Waals surface area contributed by atoms with Gasteiger partial charge in [0.1, 0.15) is 5.56 Å². The molecule has 0 saturated carbocycles. The fourth-order valence-electron chi connectivity index (χ4n) is 1.71. The van der Waals surface area contributed by atoms with E-state index in [1.54, 1.807) is 0 Å². The third-order valence-corrected chi connectivity index (χ3v) is 3.02. The number of hydrogen-bond acceptors (Lipinski definition) is 4. The van der Waals surface area contributed by atoms with Crippen molar-refractivity contribution in [2.24, 2.45) is 0 Å². The number of nitriles is 1. The summed E-state index contributed by atoms with van der Waals surface area (Å²) >= 11 is 5.93. The number of nitrogens with one attached hydrogen (secondary N) is 1. The molecule has 0 bridgehead atoms. The quantitative estimate of drug-likeness (QED) is 0.694. The summed E-state index contributed by atoms with van der Waals surface area (Å²) in [5.41, 5.74) is 0.152. The third-order valence-electron chi connectivity index (χ3n) is 2.69. The Kier molecular flexibility index (Phi) is 4.16. The van der Waals surface area contributed by atoms with Gasteiger partial charge < -0.3 is 5.32 Å². The average Bonchev–Trinajstić information content (AvgIpc) is 2.49. The molecule has 0 spiro atoms. The van der Waals surface area contributed by atoms with Gasteiger partial charge in [-0.05, 0) is 24.3 Å². The zero-order chi connectivity index (χ0) is 15.4. The molecule has 2 rings (SSSR count). The lowest BCUT2D eigenvalue weighted by Gasteiger charge is -2.07. The summed E-state index contributed by atoms with van der Waals surface area (Å²) < 4.78 is 0. The zero-order valence-corrected chi connectivity index (χ0v) is 11.3. The number of para-hydroxylation sites is 1. The van der Waals surface area contributed by atoms with Crippen LogP contribution in [0, 0.1) is 21.4 Å². The second kappa shape index (κ2) is 6.03. The lowest BCUT2D eigenvalue weighted by molar-refractivity contribution is -0.385. The van der Waals surface area contributed by atoms with E-state index in [4.69, 9.17) is 16.9 Å².